The lowest BCUT2D eigenvalue weighted by Gasteiger charge is -2.11. The second kappa shape index (κ2) is 1.79. The van der Waals surface area contributed by atoms with Crippen LogP contribution in [-0.2, 0) is 4.79 Å². The van der Waals surface area contributed by atoms with Gasteiger partial charge in [0.05, 0.1) is 5.41 Å². The van der Waals surface area contributed by atoms with Crippen LogP contribution in [0.2, 0.25) is 0 Å². The first-order chi connectivity index (χ1) is 5.11. The predicted molar refractivity (Wildman–Crippen MR) is 41.3 cm³/mol. The summed E-state index contributed by atoms with van der Waals surface area (Å²) >= 11 is 0. The van der Waals surface area contributed by atoms with E-state index < -0.39 is 5.97 Å². The monoisotopic (exact) mass is 154 g/mol. The normalized spacial score (nSPS) is 39.4. The van der Waals surface area contributed by atoms with E-state index in [1.165, 1.54) is 12.8 Å². The molecule has 2 aliphatic rings. The Labute approximate surface area is 66.6 Å². The van der Waals surface area contributed by atoms with Gasteiger partial charge in [0.2, 0.25) is 0 Å². The maximum atomic E-state index is 10.8. The fraction of sp³-hybridized carbons (Fsp3) is 0.889. The minimum absolute atomic E-state index is 0.221. The van der Waals surface area contributed by atoms with Crippen molar-refractivity contribution >= 4 is 5.97 Å². The molecule has 1 spiro atoms. The second-order valence-corrected chi connectivity index (χ2v) is 4.30. The first-order valence-corrected chi connectivity index (χ1v) is 4.34. The van der Waals surface area contributed by atoms with Gasteiger partial charge in [0, 0.05) is 0 Å². The van der Waals surface area contributed by atoms with Gasteiger partial charge in [0.25, 0.3) is 0 Å². The van der Waals surface area contributed by atoms with Crippen LogP contribution in [0.25, 0.3) is 0 Å². The van der Waals surface area contributed by atoms with Gasteiger partial charge in [-0.25, -0.2) is 0 Å². The van der Waals surface area contributed by atoms with Crippen LogP contribution in [0.15, 0.2) is 0 Å². The molecule has 0 aromatic heterocycles. The number of aliphatic carboxylic acids is 1. The van der Waals surface area contributed by atoms with Gasteiger partial charge in [-0.15, -0.1) is 0 Å². The quantitative estimate of drug-likeness (QED) is 0.627. The summed E-state index contributed by atoms with van der Waals surface area (Å²) in [5.41, 5.74) is -0.137. The molecule has 0 saturated heterocycles. The van der Waals surface area contributed by atoms with Gasteiger partial charge in [0.1, 0.15) is 0 Å². The van der Waals surface area contributed by atoms with Gasteiger partial charge in [-0.1, -0.05) is 12.8 Å². The van der Waals surface area contributed by atoms with Gasteiger partial charge in [-0.3, -0.25) is 4.79 Å². The molecule has 0 aliphatic heterocycles. The van der Waals surface area contributed by atoms with E-state index in [2.05, 4.69) is 0 Å². The highest BCUT2D eigenvalue weighted by molar-refractivity contribution is 5.79. The molecule has 0 radical (unpaired) electrons. The summed E-state index contributed by atoms with van der Waals surface area (Å²) < 4.78 is 0. The number of hydrogen-bond acceptors (Lipinski definition) is 1. The van der Waals surface area contributed by atoms with Gasteiger partial charge in [-0.2, -0.15) is 0 Å². The number of rotatable bonds is 1. The Kier molecular flexibility index (Phi) is 1.16. The maximum Gasteiger partial charge on any atom is 0.309 e. The maximum absolute atomic E-state index is 10.8. The van der Waals surface area contributed by atoms with Crippen molar-refractivity contribution in [2.75, 3.05) is 0 Å². The molecule has 1 N–H and O–H groups in total. The van der Waals surface area contributed by atoms with Gasteiger partial charge >= 0.3 is 5.97 Å². The Morgan fingerprint density at radius 2 is 1.91 bits per heavy atom. The second-order valence-electron chi connectivity index (χ2n) is 4.30. The predicted octanol–water partition coefficient (Wildman–Crippen LogP) is 2.04. The summed E-state index contributed by atoms with van der Waals surface area (Å²) in [6, 6.07) is 0. The molecular weight excluding hydrogens is 140 g/mol. The molecule has 0 aromatic carbocycles. The molecule has 2 aliphatic carbocycles. The van der Waals surface area contributed by atoms with E-state index in [9.17, 15) is 4.79 Å². The van der Waals surface area contributed by atoms with E-state index in [4.69, 9.17) is 5.11 Å². The van der Waals surface area contributed by atoms with E-state index in [1.807, 2.05) is 6.92 Å². The van der Waals surface area contributed by atoms with Crippen LogP contribution in [0.1, 0.15) is 39.0 Å². The molecule has 1 atom stereocenters. The van der Waals surface area contributed by atoms with Crippen molar-refractivity contribution in [1.82, 2.24) is 0 Å². The molecule has 1 unspecified atom stereocenters. The van der Waals surface area contributed by atoms with Crippen LogP contribution in [0.3, 0.4) is 0 Å². The van der Waals surface area contributed by atoms with E-state index in [1.54, 1.807) is 0 Å². The largest absolute Gasteiger partial charge is 0.481 e. The van der Waals surface area contributed by atoms with Crippen LogP contribution in [0.4, 0.5) is 0 Å². The van der Waals surface area contributed by atoms with Crippen molar-refractivity contribution in [3.05, 3.63) is 0 Å². The van der Waals surface area contributed by atoms with E-state index >= 15 is 0 Å². The Morgan fingerprint density at radius 1 is 1.36 bits per heavy atom. The number of hydrogen-bond donors (Lipinski definition) is 1. The summed E-state index contributed by atoms with van der Waals surface area (Å²) in [5, 5.41) is 8.94. The van der Waals surface area contributed by atoms with Gasteiger partial charge in [0.15, 0.2) is 0 Å². The highest BCUT2D eigenvalue weighted by Crippen LogP contribution is 2.71. The lowest BCUT2D eigenvalue weighted by molar-refractivity contribution is -0.144. The van der Waals surface area contributed by atoms with Crippen molar-refractivity contribution in [2.24, 2.45) is 10.8 Å². The molecule has 2 rings (SSSR count). The van der Waals surface area contributed by atoms with Crippen molar-refractivity contribution in [3.8, 4) is 0 Å². The highest BCUT2D eigenvalue weighted by Gasteiger charge is 2.69. The molecule has 0 heterocycles. The third-order valence-corrected chi connectivity index (χ3v) is 3.77. The zero-order valence-electron chi connectivity index (χ0n) is 6.89. The Morgan fingerprint density at radius 3 is 2.27 bits per heavy atom. The average molecular weight is 154 g/mol. The minimum Gasteiger partial charge on any atom is -0.481 e. The summed E-state index contributed by atoms with van der Waals surface area (Å²) in [5.74, 6) is -0.584. The lowest BCUT2D eigenvalue weighted by atomic mass is 9.93. The summed E-state index contributed by atoms with van der Waals surface area (Å²) in [6.45, 7) is 1.90. The SMILES string of the molecule is CC1(C(=O)O)CC12CCCC2. The van der Waals surface area contributed by atoms with Crippen LogP contribution in [-0.4, -0.2) is 11.1 Å². The van der Waals surface area contributed by atoms with Gasteiger partial charge < -0.3 is 5.11 Å². The van der Waals surface area contributed by atoms with Crippen molar-refractivity contribution in [3.63, 3.8) is 0 Å². The molecule has 2 fully saturated rings. The smallest absolute Gasteiger partial charge is 0.309 e. The lowest BCUT2D eigenvalue weighted by Crippen LogP contribution is -2.18. The summed E-state index contributed by atoms with van der Waals surface area (Å²) in [6.07, 6.45) is 5.70. The molecular formula is C9H14O2. The Hall–Kier alpha value is -0.530. The zero-order chi connectivity index (χ0) is 8.11. The highest BCUT2D eigenvalue weighted by atomic mass is 16.4. The standard InChI is InChI=1S/C9H14O2/c1-8(7(10)11)6-9(8)4-2-3-5-9/h2-6H2,1H3,(H,10,11). The van der Waals surface area contributed by atoms with E-state index in [-0.39, 0.29) is 10.8 Å². The number of carboxylic acids is 1. The molecule has 2 saturated carbocycles. The van der Waals surface area contributed by atoms with E-state index in [0.29, 0.717) is 0 Å². The average Bonchev–Trinajstić information content (AvgIpc) is 2.38. The van der Waals surface area contributed by atoms with Crippen molar-refractivity contribution < 1.29 is 9.90 Å². The molecule has 0 bridgehead atoms. The molecule has 2 nitrogen and oxygen atoms in total. The zero-order valence-corrected chi connectivity index (χ0v) is 6.89. The molecule has 11 heavy (non-hydrogen) atoms. The fourth-order valence-corrected chi connectivity index (χ4v) is 2.72. The third-order valence-electron chi connectivity index (χ3n) is 3.77. The first-order valence-electron chi connectivity index (χ1n) is 4.34. The number of carboxylic acid groups (broad SMARTS) is 1. The Balaban J connectivity index is 2.17. The van der Waals surface area contributed by atoms with Crippen LogP contribution >= 0.6 is 0 Å². The number of carbonyl (C=O) groups is 1. The molecule has 0 amide bonds. The van der Waals surface area contributed by atoms with Gasteiger partial charge in [-0.05, 0) is 31.6 Å². The topological polar surface area (TPSA) is 37.3 Å². The Bertz CT molecular complexity index is 204. The minimum atomic E-state index is -0.584. The third kappa shape index (κ3) is 0.700. The fourth-order valence-electron chi connectivity index (χ4n) is 2.72. The summed E-state index contributed by atoms with van der Waals surface area (Å²) in [4.78, 5) is 10.8. The molecule has 0 aromatic rings. The summed E-state index contributed by atoms with van der Waals surface area (Å²) in [7, 11) is 0. The van der Waals surface area contributed by atoms with Crippen molar-refractivity contribution in [1.29, 1.82) is 0 Å². The molecule has 62 valence electrons. The van der Waals surface area contributed by atoms with Crippen LogP contribution in [0, 0.1) is 10.8 Å². The first kappa shape index (κ1) is 7.14. The van der Waals surface area contributed by atoms with E-state index in [0.717, 1.165) is 19.3 Å². The molecule has 2 heteroatoms. The van der Waals surface area contributed by atoms with Crippen molar-refractivity contribution in [2.45, 2.75) is 39.0 Å². The van der Waals surface area contributed by atoms with Crippen LogP contribution in [0.5, 0.6) is 0 Å². The van der Waals surface area contributed by atoms with Crippen LogP contribution < -0.4 is 0 Å².